The fourth-order valence-electron chi connectivity index (χ4n) is 8.35. The predicted molar refractivity (Wildman–Crippen MR) is 198 cm³/mol. The van der Waals surface area contributed by atoms with Crippen LogP contribution in [0.3, 0.4) is 0 Å². The van der Waals surface area contributed by atoms with Gasteiger partial charge >= 0.3 is 0 Å². The molecule has 0 N–H and O–H groups in total. The van der Waals surface area contributed by atoms with Gasteiger partial charge < -0.3 is 0 Å². The Labute approximate surface area is 282 Å². The van der Waals surface area contributed by atoms with Crippen molar-refractivity contribution >= 4 is 0 Å². The lowest BCUT2D eigenvalue weighted by atomic mass is 9.61. The average Bonchev–Trinajstić information content (AvgIpc) is 3.40. The van der Waals surface area contributed by atoms with Crippen LogP contribution >= 0.6 is 0 Å². The van der Waals surface area contributed by atoms with Crippen LogP contribution < -0.4 is 0 Å². The Balaban J connectivity index is 0.00000105. The monoisotopic (exact) mass is 628 g/mol. The SMILES string of the molecule is CC.CC.FCCCCC1(C2=CC=CCC=C2)c2ccccc2-c2ccc3c(c21)C(CCCCF)(c1ccccc1)c1ccccc1-3. The highest BCUT2D eigenvalue weighted by Gasteiger charge is 2.53. The molecule has 3 aliphatic rings. The molecule has 4 aromatic rings. The van der Waals surface area contributed by atoms with Gasteiger partial charge in [0.1, 0.15) is 0 Å². The third-order valence-corrected chi connectivity index (χ3v) is 10.0. The van der Waals surface area contributed by atoms with Crippen LogP contribution in [0.25, 0.3) is 22.3 Å². The van der Waals surface area contributed by atoms with E-state index in [9.17, 15) is 8.78 Å². The van der Waals surface area contributed by atoms with E-state index in [0.717, 1.165) is 32.1 Å². The zero-order valence-electron chi connectivity index (χ0n) is 28.7. The minimum atomic E-state index is -0.431. The van der Waals surface area contributed by atoms with Crippen LogP contribution in [0.2, 0.25) is 0 Å². The fraction of sp³-hybridized carbons (Fsp3) is 0.333. The molecule has 0 aromatic heterocycles. The average molecular weight is 629 g/mol. The van der Waals surface area contributed by atoms with E-state index >= 15 is 0 Å². The Kier molecular flexibility index (Phi) is 11.5. The second-order valence-electron chi connectivity index (χ2n) is 12.2. The molecule has 47 heavy (non-hydrogen) atoms. The van der Waals surface area contributed by atoms with E-state index in [-0.39, 0.29) is 13.3 Å². The van der Waals surface area contributed by atoms with E-state index in [2.05, 4.69) is 121 Å². The lowest BCUT2D eigenvalue weighted by Gasteiger charge is -2.41. The molecule has 0 spiro atoms. The van der Waals surface area contributed by atoms with E-state index in [0.29, 0.717) is 12.8 Å². The Hall–Kier alpha value is -4.04. The van der Waals surface area contributed by atoms with Gasteiger partial charge in [-0.25, -0.2) is 0 Å². The summed E-state index contributed by atoms with van der Waals surface area (Å²) in [5.74, 6) is 0. The highest BCUT2D eigenvalue weighted by Crippen LogP contribution is 2.65. The van der Waals surface area contributed by atoms with Gasteiger partial charge in [0.25, 0.3) is 0 Å². The molecule has 0 radical (unpaired) electrons. The van der Waals surface area contributed by atoms with E-state index < -0.39 is 10.8 Å². The molecule has 2 unspecified atom stereocenters. The molecule has 7 rings (SSSR count). The van der Waals surface area contributed by atoms with Crippen molar-refractivity contribution in [2.75, 3.05) is 13.3 Å². The van der Waals surface area contributed by atoms with Gasteiger partial charge in [-0.05, 0) is 101 Å². The summed E-state index contributed by atoms with van der Waals surface area (Å²) in [5, 5.41) is 0. The van der Waals surface area contributed by atoms with E-state index in [1.807, 2.05) is 27.7 Å². The van der Waals surface area contributed by atoms with Gasteiger partial charge in [0.05, 0.1) is 13.3 Å². The normalized spacial score (nSPS) is 19.6. The number of unbranched alkanes of at least 4 members (excludes halogenated alkanes) is 2. The second-order valence-corrected chi connectivity index (χ2v) is 12.2. The van der Waals surface area contributed by atoms with Gasteiger partial charge in [0, 0.05) is 10.8 Å². The molecule has 4 aromatic carbocycles. The molecule has 0 heterocycles. The van der Waals surface area contributed by atoms with Gasteiger partial charge in [0.15, 0.2) is 0 Å². The smallest absolute Gasteiger partial charge is 0.0894 e. The summed E-state index contributed by atoms with van der Waals surface area (Å²) in [6.45, 7) is 7.38. The van der Waals surface area contributed by atoms with Gasteiger partial charge in [-0.3, -0.25) is 8.78 Å². The number of hydrogen-bond acceptors (Lipinski definition) is 0. The van der Waals surface area contributed by atoms with Crippen molar-refractivity contribution in [2.45, 2.75) is 83.5 Å². The van der Waals surface area contributed by atoms with Crippen molar-refractivity contribution in [3.63, 3.8) is 0 Å². The third-order valence-electron chi connectivity index (χ3n) is 10.0. The molecule has 0 saturated heterocycles. The van der Waals surface area contributed by atoms with Gasteiger partial charge in [-0.1, -0.05) is 149 Å². The maximum atomic E-state index is 13.7. The van der Waals surface area contributed by atoms with Crippen LogP contribution in [-0.4, -0.2) is 13.3 Å². The largest absolute Gasteiger partial charge is 0.251 e. The summed E-state index contributed by atoms with van der Waals surface area (Å²) < 4.78 is 27.4. The lowest BCUT2D eigenvalue weighted by molar-refractivity contribution is 0.423. The molecular weight excluding hydrogens is 578 g/mol. The summed E-state index contributed by atoms with van der Waals surface area (Å²) >= 11 is 0. The molecule has 0 nitrogen and oxygen atoms in total. The van der Waals surface area contributed by atoms with Crippen molar-refractivity contribution < 1.29 is 8.78 Å². The zero-order chi connectivity index (χ0) is 33.3. The van der Waals surface area contributed by atoms with Crippen molar-refractivity contribution in [3.8, 4) is 22.3 Å². The van der Waals surface area contributed by atoms with Crippen LogP contribution in [0.1, 0.15) is 100 Å². The molecule has 3 aliphatic carbocycles. The van der Waals surface area contributed by atoms with E-state index in [1.54, 1.807) is 0 Å². The molecule has 0 saturated carbocycles. The molecule has 244 valence electrons. The minimum absolute atomic E-state index is 0.311. The van der Waals surface area contributed by atoms with Crippen LogP contribution in [0.5, 0.6) is 0 Å². The number of alkyl halides is 2. The lowest BCUT2D eigenvalue weighted by Crippen LogP contribution is -2.34. The van der Waals surface area contributed by atoms with Gasteiger partial charge in [-0.2, -0.15) is 0 Å². The van der Waals surface area contributed by atoms with Crippen LogP contribution in [0.15, 0.2) is 127 Å². The van der Waals surface area contributed by atoms with Crippen LogP contribution in [-0.2, 0) is 10.8 Å². The number of benzene rings is 4. The van der Waals surface area contributed by atoms with Gasteiger partial charge in [-0.15, -0.1) is 0 Å². The van der Waals surface area contributed by atoms with Crippen molar-refractivity contribution in [1.82, 2.24) is 0 Å². The van der Waals surface area contributed by atoms with Gasteiger partial charge in [0.2, 0.25) is 0 Å². The summed E-state index contributed by atoms with van der Waals surface area (Å²) in [4.78, 5) is 0. The van der Waals surface area contributed by atoms with Crippen LogP contribution in [0.4, 0.5) is 8.78 Å². The number of halogens is 2. The number of hydrogen-bond donors (Lipinski definition) is 0. The summed E-state index contributed by atoms with van der Waals surface area (Å²) in [6, 6.07) is 33.3. The maximum absolute atomic E-state index is 13.7. The number of rotatable bonds is 10. The van der Waals surface area contributed by atoms with Crippen molar-refractivity contribution in [2.24, 2.45) is 0 Å². The molecule has 0 bridgehead atoms. The maximum Gasteiger partial charge on any atom is 0.0894 e. The predicted octanol–water partition coefficient (Wildman–Crippen LogP) is 13.0. The topological polar surface area (TPSA) is 0 Å². The second kappa shape index (κ2) is 15.7. The Morgan fingerprint density at radius 3 is 1.64 bits per heavy atom. The summed E-state index contributed by atoms with van der Waals surface area (Å²) in [5.41, 5.74) is 12.1. The number of allylic oxidation sites excluding steroid dienone is 6. The highest BCUT2D eigenvalue weighted by molar-refractivity contribution is 5.94. The van der Waals surface area contributed by atoms with Crippen LogP contribution in [0, 0.1) is 0 Å². The van der Waals surface area contributed by atoms with E-state index in [1.165, 1.54) is 55.6 Å². The minimum Gasteiger partial charge on any atom is -0.251 e. The first-order valence-corrected chi connectivity index (χ1v) is 17.9. The first-order valence-electron chi connectivity index (χ1n) is 17.9. The number of fused-ring (bicyclic) bond motifs is 7. The first-order chi connectivity index (χ1) is 23.3. The summed E-state index contributed by atoms with van der Waals surface area (Å²) in [6.07, 6.45) is 16.5. The highest BCUT2D eigenvalue weighted by atomic mass is 19.1. The Morgan fingerprint density at radius 2 is 1.04 bits per heavy atom. The molecular formula is C45H50F2. The third kappa shape index (κ3) is 5.75. The quantitative estimate of drug-likeness (QED) is 0.153. The first kappa shape index (κ1) is 34.3. The zero-order valence-corrected chi connectivity index (χ0v) is 28.7. The van der Waals surface area contributed by atoms with Crippen molar-refractivity contribution in [1.29, 1.82) is 0 Å². The van der Waals surface area contributed by atoms with E-state index in [4.69, 9.17) is 0 Å². The standard InChI is InChI=1S/C41H38F2.2C2H6/c42-28-14-12-26-40(30-16-4-1-2-5-17-30)36-22-10-8-20-32(36)34-24-25-35-33-21-9-11-23-37(33)41(27-13-15-29-43,39(35)38(34)40)31-18-6-3-7-19-31;2*1-2/h1,3-11,16-25H,2,12-15,26-29H2;2*1-2H3. The molecule has 0 aliphatic heterocycles. The molecule has 2 atom stereocenters. The van der Waals surface area contributed by atoms with Crippen molar-refractivity contribution in [3.05, 3.63) is 155 Å². The molecule has 0 fully saturated rings. The molecule has 2 heteroatoms. The Bertz CT molecular complexity index is 1730. The Morgan fingerprint density at radius 1 is 0.532 bits per heavy atom. The fourth-order valence-corrected chi connectivity index (χ4v) is 8.35. The molecule has 0 amide bonds. The summed E-state index contributed by atoms with van der Waals surface area (Å²) in [7, 11) is 0.